The van der Waals surface area contributed by atoms with Crippen molar-refractivity contribution >= 4 is 68.8 Å². The molecule has 3 aromatic rings. The lowest BCUT2D eigenvalue weighted by Gasteiger charge is -2.41. The number of nitrogens with one attached hydrogen (secondary N) is 3. The summed E-state index contributed by atoms with van der Waals surface area (Å²) in [5, 5.41) is 30.8. The number of aromatic nitrogens is 1. The molecule has 2 heterocycles. The van der Waals surface area contributed by atoms with Gasteiger partial charge in [0.25, 0.3) is 5.69 Å². The Morgan fingerprint density at radius 1 is 0.861 bits per heavy atom. The van der Waals surface area contributed by atoms with Crippen LogP contribution in [0.25, 0.3) is 0 Å². The van der Waals surface area contributed by atoms with Gasteiger partial charge in [-0.1, -0.05) is 108 Å². The summed E-state index contributed by atoms with van der Waals surface area (Å²) in [5.41, 5.74) is 1.62. The van der Waals surface area contributed by atoms with Crippen molar-refractivity contribution in [3.05, 3.63) is 94.2 Å². The molecule has 6 amide bonds. The number of hydrogen-bond acceptors (Lipinski definition) is 16. The van der Waals surface area contributed by atoms with E-state index >= 15 is 0 Å². The molecule has 0 radical (unpaired) electrons. The minimum atomic E-state index is -1.03. The molecule has 1 aliphatic heterocycles. The van der Waals surface area contributed by atoms with Gasteiger partial charge in [0, 0.05) is 51.9 Å². The van der Waals surface area contributed by atoms with E-state index in [0.717, 1.165) is 0 Å². The van der Waals surface area contributed by atoms with E-state index in [9.17, 15) is 44.0 Å². The Hall–Kier alpha value is -6.01. The van der Waals surface area contributed by atoms with E-state index in [1.54, 1.807) is 87.0 Å². The van der Waals surface area contributed by atoms with E-state index < -0.39 is 89.3 Å². The molecule has 1 fully saturated rings. The topological polar surface area (TPSA) is 261 Å². The number of amides is 6. The summed E-state index contributed by atoms with van der Waals surface area (Å²) in [6.45, 7) is 16.9. The summed E-state index contributed by atoms with van der Waals surface area (Å²) in [7, 11) is 8.85. The van der Waals surface area contributed by atoms with Crippen molar-refractivity contribution in [1.29, 1.82) is 0 Å². The first-order valence-corrected chi connectivity index (χ1v) is 29.0. The number of ether oxygens (including phenoxy) is 4. The normalized spacial score (nSPS) is 17.2. The maximum atomic E-state index is 14.7. The molecule has 0 spiro atoms. The number of aliphatic hydroxyl groups excluding tert-OH is 1. The van der Waals surface area contributed by atoms with E-state index in [-0.39, 0.29) is 54.2 Å². The van der Waals surface area contributed by atoms with Gasteiger partial charge in [0.1, 0.15) is 36.5 Å². The molecule has 4 N–H and O–H groups in total. The molecule has 0 bridgehead atoms. The number of methoxy groups -OCH3 is 2. The van der Waals surface area contributed by atoms with E-state index in [4.69, 9.17) is 18.9 Å². The van der Waals surface area contributed by atoms with Gasteiger partial charge in [-0.25, -0.2) is 14.6 Å². The molecule has 1 aliphatic rings. The lowest BCUT2D eigenvalue weighted by Crippen LogP contribution is -2.60. The van der Waals surface area contributed by atoms with Crippen molar-refractivity contribution in [3.63, 3.8) is 0 Å². The second kappa shape index (κ2) is 31.7. The van der Waals surface area contributed by atoms with Gasteiger partial charge in [-0.05, 0) is 84.6 Å². The molecular weight excluding hydrogens is 1060 g/mol. The summed E-state index contributed by atoms with van der Waals surface area (Å²) >= 11 is 0. The van der Waals surface area contributed by atoms with Gasteiger partial charge in [-0.15, -0.1) is 0 Å². The number of anilines is 1. The van der Waals surface area contributed by atoms with Crippen LogP contribution in [0.4, 0.5) is 21.0 Å². The number of likely N-dealkylation sites (N-methyl/N-ethyl adjacent to an activating group) is 2. The zero-order chi connectivity index (χ0) is 58.7. The summed E-state index contributed by atoms with van der Waals surface area (Å²) in [5.74, 6) is -3.07. The molecule has 0 saturated carbocycles. The number of carbonyl (C=O) groups excluding carboxylic acids is 6. The Labute approximate surface area is 472 Å². The molecule has 436 valence electrons. The molecule has 1 aromatic heterocycles. The first kappa shape index (κ1) is 65.5. The van der Waals surface area contributed by atoms with E-state index in [0.29, 0.717) is 47.6 Å². The third-order valence-corrected chi connectivity index (χ3v) is 17.1. The molecule has 79 heavy (non-hydrogen) atoms. The standard InChI is InChI=1S/C56H82N8O13S2/c1-14-35(6)49(44(74-12)29-46(65)63-28-18-21-43(63)51(75-13)37(8)52(67)58-38(9)50(66)40-19-16-15-17-20-40)61(10)54(69)47(33(2)3)60-53(68)48(34(4)5)62(11)56(71)77-32-39-22-24-41(25-23-39)59-55(70)76-31-36(7)78-79-45-27-26-42(30-57-45)64(72)73/h15-17,19-20,22-27,30,33-38,43-44,47-51,66H,14,18,21,28-29,31-32H2,1-13H3,(H,58,67)(H,59,70)(H,60,68)/t35-,36+,37+,38+,43-,44+,47-,48?,49-,50+,51+/m0/s1. The van der Waals surface area contributed by atoms with Crippen LogP contribution in [0.3, 0.4) is 0 Å². The highest BCUT2D eigenvalue weighted by Crippen LogP contribution is 2.34. The fourth-order valence-corrected chi connectivity index (χ4v) is 11.5. The second-order valence-corrected chi connectivity index (χ2v) is 23.5. The van der Waals surface area contributed by atoms with Gasteiger partial charge in [-0.3, -0.25) is 39.5 Å². The van der Waals surface area contributed by atoms with Crippen molar-refractivity contribution in [2.75, 3.05) is 46.8 Å². The van der Waals surface area contributed by atoms with E-state index in [1.807, 2.05) is 52.8 Å². The molecule has 2 aromatic carbocycles. The van der Waals surface area contributed by atoms with E-state index in [2.05, 4.69) is 20.9 Å². The zero-order valence-corrected chi connectivity index (χ0v) is 49.4. The minimum Gasteiger partial charge on any atom is -0.448 e. The van der Waals surface area contributed by atoms with Crippen LogP contribution < -0.4 is 16.0 Å². The average Bonchev–Trinajstić information content (AvgIpc) is 3.95. The number of pyridine rings is 1. The Bertz CT molecular complexity index is 2460. The lowest BCUT2D eigenvalue weighted by molar-refractivity contribution is -0.385. The predicted molar refractivity (Wildman–Crippen MR) is 304 cm³/mol. The first-order valence-electron chi connectivity index (χ1n) is 26.8. The van der Waals surface area contributed by atoms with Gasteiger partial charge >= 0.3 is 12.2 Å². The smallest absolute Gasteiger partial charge is 0.411 e. The van der Waals surface area contributed by atoms with Gasteiger partial charge in [-0.2, -0.15) is 0 Å². The van der Waals surface area contributed by atoms with Crippen molar-refractivity contribution < 1.29 is 57.7 Å². The summed E-state index contributed by atoms with van der Waals surface area (Å²) in [4.78, 5) is 102. The number of aliphatic hydroxyl groups is 1. The predicted octanol–water partition coefficient (Wildman–Crippen LogP) is 8.26. The van der Waals surface area contributed by atoms with Crippen molar-refractivity contribution in [3.8, 4) is 0 Å². The number of carbonyl (C=O) groups is 6. The Morgan fingerprint density at radius 3 is 2.10 bits per heavy atom. The number of likely N-dealkylation sites (tertiary alicyclic amines) is 1. The lowest BCUT2D eigenvalue weighted by atomic mass is 9.89. The fourth-order valence-electron chi connectivity index (χ4n) is 9.66. The molecule has 1 saturated heterocycles. The number of hydrogen-bond donors (Lipinski definition) is 4. The summed E-state index contributed by atoms with van der Waals surface area (Å²) < 4.78 is 23.0. The quantitative estimate of drug-likeness (QED) is 0.0290. The minimum absolute atomic E-state index is 0.0674. The van der Waals surface area contributed by atoms with Crippen molar-refractivity contribution in [1.82, 2.24) is 30.3 Å². The van der Waals surface area contributed by atoms with Crippen LogP contribution in [0.1, 0.15) is 105 Å². The number of nitrogens with zero attached hydrogens (tertiary/aromatic N) is 5. The fraction of sp³-hybridized carbons (Fsp3) is 0.589. The van der Waals surface area contributed by atoms with Crippen molar-refractivity contribution in [2.45, 2.75) is 153 Å². The molecular formula is C56H82N8O13S2. The Morgan fingerprint density at radius 2 is 1.53 bits per heavy atom. The van der Waals surface area contributed by atoms with Crippen LogP contribution in [0, 0.1) is 33.8 Å². The SMILES string of the molecule is CC[C@H](C)[C@@H]([C@@H](CC(=O)N1CCC[C@H]1[C@H](OC)[C@@H](C)C(=O)N[C@H](C)[C@@H](O)c1ccccc1)OC)N(C)C(=O)[C@@H](NC(=O)C(C(C)C)N(C)C(=O)OCc1ccc(NC(=O)OC[C@@H](C)SSc2ccc([N+](=O)[O-])cn2)cc1)C(C)C. The third kappa shape index (κ3) is 18.8. The largest absolute Gasteiger partial charge is 0.448 e. The number of nitro groups is 1. The monoisotopic (exact) mass is 1140 g/mol. The van der Waals surface area contributed by atoms with Crippen LogP contribution >= 0.6 is 21.6 Å². The highest BCUT2D eigenvalue weighted by Gasteiger charge is 2.44. The molecule has 23 heteroatoms. The molecule has 0 aliphatic carbocycles. The third-order valence-electron chi connectivity index (χ3n) is 14.3. The van der Waals surface area contributed by atoms with Crippen molar-refractivity contribution in [2.24, 2.45) is 23.7 Å². The van der Waals surface area contributed by atoms with E-state index in [1.165, 1.54) is 60.0 Å². The van der Waals surface area contributed by atoms with Crippen LogP contribution in [0.2, 0.25) is 0 Å². The Balaban J connectivity index is 1.34. The van der Waals surface area contributed by atoms with Crippen LogP contribution in [0.5, 0.6) is 0 Å². The number of benzene rings is 2. The van der Waals surface area contributed by atoms with Gasteiger partial charge < -0.3 is 44.5 Å². The first-order chi connectivity index (χ1) is 37.4. The van der Waals surface area contributed by atoms with Gasteiger partial charge in [0.2, 0.25) is 23.6 Å². The average molecular weight is 1140 g/mol. The molecule has 4 rings (SSSR count). The van der Waals surface area contributed by atoms with Crippen LogP contribution in [-0.4, -0.2) is 155 Å². The molecule has 1 unspecified atom stereocenters. The van der Waals surface area contributed by atoms with Crippen LogP contribution in [-0.2, 0) is 44.7 Å². The Kier molecular flexibility index (Phi) is 26.3. The van der Waals surface area contributed by atoms with Crippen LogP contribution in [0.15, 0.2) is 78.0 Å². The van der Waals surface area contributed by atoms with Gasteiger partial charge in [0.15, 0.2) is 0 Å². The summed E-state index contributed by atoms with van der Waals surface area (Å²) in [6.07, 6.45) is -0.696. The summed E-state index contributed by atoms with van der Waals surface area (Å²) in [6, 6.07) is 14.9. The number of rotatable bonds is 29. The molecule has 11 atom stereocenters. The highest BCUT2D eigenvalue weighted by molar-refractivity contribution is 8.76. The zero-order valence-electron chi connectivity index (χ0n) is 47.8. The maximum Gasteiger partial charge on any atom is 0.411 e. The highest BCUT2D eigenvalue weighted by atomic mass is 33.1. The maximum absolute atomic E-state index is 14.7. The molecule has 21 nitrogen and oxygen atoms in total. The van der Waals surface area contributed by atoms with Gasteiger partial charge in [0.05, 0.1) is 53.7 Å². The second-order valence-electron chi connectivity index (χ2n) is 20.8.